The zero-order valence-electron chi connectivity index (χ0n) is 13.6. The Morgan fingerprint density at radius 1 is 1.43 bits per heavy atom. The third kappa shape index (κ3) is 4.07. The molecule has 6 nitrogen and oxygen atoms in total. The van der Waals surface area contributed by atoms with Gasteiger partial charge in [-0.15, -0.1) is 0 Å². The Labute approximate surface area is 136 Å². The van der Waals surface area contributed by atoms with Crippen molar-refractivity contribution < 1.29 is 19.0 Å². The summed E-state index contributed by atoms with van der Waals surface area (Å²) in [4.78, 5) is 18.0. The molecular weight excluding hydrogens is 296 g/mol. The van der Waals surface area contributed by atoms with Crippen LogP contribution in [0.2, 0.25) is 0 Å². The van der Waals surface area contributed by atoms with Crippen LogP contribution in [-0.4, -0.2) is 60.9 Å². The summed E-state index contributed by atoms with van der Waals surface area (Å²) in [6, 6.07) is 5.83. The summed E-state index contributed by atoms with van der Waals surface area (Å²) in [7, 11) is 1.55. The average Bonchev–Trinajstić information content (AvgIpc) is 2.98. The number of nitrogens with zero attached hydrogens (tertiary/aromatic N) is 2. The second-order valence-electron chi connectivity index (χ2n) is 6.27. The lowest BCUT2D eigenvalue weighted by atomic mass is 9.88. The Hall–Kier alpha value is -1.50. The van der Waals surface area contributed by atoms with Gasteiger partial charge in [0, 0.05) is 32.8 Å². The molecule has 1 atom stereocenters. The molecule has 1 aromatic heterocycles. The minimum atomic E-state index is -0.126. The average molecular weight is 320 g/mol. The van der Waals surface area contributed by atoms with Crippen LogP contribution in [0.4, 0.5) is 0 Å². The fourth-order valence-corrected chi connectivity index (χ4v) is 3.32. The molecule has 0 saturated carbocycles. The quantitative estimate of drug-likeness (QED) is 0.820. The first-order valence-electron chi connectivity index (χ1n) is 8.13. The van der Waals surface area contributed by atoms with Crippen molar-refractivity contribution in [2.24, 2.45) is 0 Å². The summed E-state index contributed by atoms with van der Waals surface area (Å²) in [6.45, 7) is 2.76. The van der Waals surface area contributed by atoms with E-state index in [1.54, 1.807) is 13.3 Å². The Morgan fingerprint density at radius 3 is 2.96 bits per heavy atom. The highest BCUT2D eigenvalue weighted by Gasteiger charge is 2.43. The van der Waals surface area contributed by atoms with Gasteiger partial charge in [-0.25, -0.2) is 0 Å². The third-order valence-corrected chi connectivity index (χ3v) is 4.66. The van der Waals surface area contributed by atoms with Crippen LogP contribution in [0.25, 0.3) is 0 Å². The SMILES string of the molecule is COCC(=O)N1CCC2(CC1)C[C@H](OCc1ccccn1)CO2. The molecule has 0 unspecified atom stereocenters. The van der Waals surface area contributed by atoms with Crippen molar-refractivity contribution in [1.82, 2.24) is 9.88 Å². The normalized spacial score (nSPS) is 23.3. The van der Waals surface area contributed by atoms with Gasteiger partial charge in [0.1, 0.15) is 6.61 Å². The molecule has 2 saturated heterocycles. The monoisotopic (exact) mass is 320 g/mol. The van der Waals surface area contributed by atoms with Gasteiger partial charge in [0.2, 0.25) is 5.91 Å². The number of pyridine rings is 1. The summed E-state index contributed by atoms with van der Waals surface area (Å²) in [5.74, 6) is 0.0586. The fraction of sp³-hybridized carbons (Fsp3) is 0.647. The number of hydrogen-bond acceptors (Lipinski definition) is 5. The van der Waals surface area contributed by atoms with Crippen molar-refractivity contribution in [2.45, 2.75) is 37.6 Å². The van der Waals surface area contributed by atoms with E-state index < -0.39 is 0 Å². The van der Waals surface area contributed by atoms with E-state index in [-0.39, 0.29) is 24.2 Å². The number of amides is 1. The van der Waals surface area contributed by atoms with Crippen LogP contribution in [0.15, 0.2) is 24.4 Å². The van der Waals surface area contributed by atoms with E-state index in [2.05, 4.69) is 4.98 Å². The largest absolute Gasteiger partial charge is 0.375 e. The van der Waals surface area contributed by atoms with Crippen molar-refractivity contribution in [3.8, 4) is 0 Å². The predicted octanol–water partition coefficient (Wildman–Crippen LogP) is 1.39. The van der Waals surface area contributed by atoms with Gasteiger partial charge in [0.15, 0.2) is 0 Å². The maximum atomic E-state index is 11.9. The van der Waals surface area contributed by atoms with Gasteiger partial charge < -0.3 is 19.1 Å². The number of methoxy groups -OCH3 is 1. The lowest BCUT2D eigenvalue weighted by Gasteiger charge is -2.38. The van der Waals surface area contributed by atoms with Gasteiger partial charge in [-0.3, -0.25) is 9.78 Å². The Kier molecular flexibility index (Phi) is 5.25. The molecule has 6 heteroatoms. The summed E-state index contributed by atoms with van der Waals surface area (Å²) in [5, 5.41) is 0. The van der Waals surface area contributed by atoms with E-state index in [9.17, 15) is 4.79 Å². The maximum Gasteiger partial charge on any atom is 0.248 e. The zero-order valence-corrected chi connectivity index (χ0v) is 13.6. The highest BCUT2D eigenvalue weighted by Crippen LogP contribution is 2.37. The van der Waals surface area contributed by atoms with Gasteiger partial charge in [-0.1, -0.05) is 6.07 Å². The van der Waals surface area contributed by atoms with Crippen LogP contribution in [0.1, 0.15) is 25.0 Å². The molecule has 1 amide bonds. The number of piperidine rings is 1. The van der Waals surface area contributed by atoms with E-state index in [0.717, 1.165) is 38.0 Å². The number of ether oxygens (including phenoxy) is 3. The van der Waals surface area contributed by atoms with E-state index in [1.807, 2.05) is 23.1 Å². The van der Waals surface area contributed by atoms with Crippen LogP contribution in [0, 0.1) is 0 Å². The molecule has 2 aliphatic rings. The standard InChI is InChI=1S/C17H24N2O4/c1-21-13-16(20)19-8-5-17(6-9-19)10-15(12-23-17)22-11-14-4-2-3-7-18-14/h2-4,7,15H,5-6,8-13H2,1H3/t15-/m0/s1. The van der Waals surface area contributed by atoms with E-state index in [4.69, 9.17) is 14.2 Å². The molecule has 3 heterocycles. The first-order valence-corrected chi connectivity index (χ1v) is 8.13. The molecule has 3 rings (SSSR count). The number of aromatic nitrogens is 1. The molecule has 0 N–H and O–H groups in total. The summed E-state index contributed by atoms with van der Waals surface area (Å²) in [6.07, 6.45) is 4.51. The smallest absolute Gasteiger partial charge is 0.248 e. The minimum absolute atomic E-state index is 0.0586. The van der Waals surface area contributed by atoms with Gasteiger partial charge in [0.05, 0.1) is 30.6 Å². The second-order valence-corrected chi connectivity index (χ2v) is 6.27. The Balaban J connectivity index is 1.45. The van der Waals surface area contributed by atoms with Crippen LogP contribution in [0.5, 0.6) is 0 Å². The molecule has 23 heavy (non-hydrogen) atoms. The third-order valence-electron chi connectivity index (χ3n) is 4.66. The molecule has 1 aromatic rings. The first kappa shape index (κ1) is 16.4. The Bertz CT molecular complexity index is 515. The highest BCUT2D eigenvalue weighted by atomic mass is 16.6. The number of likely N-dealkylation sites (tertiary alicyclic amines) is 1. The lowest BCUT2D eigenvalue weighted by molar-refractivity contribution is -0.139. The minimum Gasteiger partial charge on any atom is -0.375 e. The summed E-state index contributed by atoms with van der Waals surface area (Å²) < 4.78 is 16.9. The van der Waals surface area contributed by atoms with Crippen molar-refractivity contribution in [1.29, 1.82) is 0 Å². The molecular formula is C17H24N2O4. The molecule has 0 aliphatic carbocycles. The van der Waals surface area contributed by atoms with Crippen molar-refractivity contribution in [3.63, 3.8) is 0 Å². The van der Waals surface area contributed by atoms with Gasteiger partial charge in [-0.05, 0) is 25.0 Å². The second kappa shape index (κ2) is 7.38. The number of rotatable bonds is 5. The molecule has 0 radical (unpaired) electrons. The number of carbonyl (C=O) groups excluding carboxylic acids is 1. The molecule has 0 bridgehead atoms. The van der Waals surface area contributed by atoms with Crippen LogP contribution in [-0.2, 0) is 25.6 Å². The van der Waals surface area contributed by atoms with Crippen molar-refractivity contribution >= 4 is 5.91 Å². The van der Waals surface area contributed by atoms with Gasteiger partial charge >= 0.3 is 0 Å². The topological polar surface area (TPSA) is 60.9 Å². The molecule has 2 fully saturated rings. The Morgan fingerprint density at radius 2 is 2.26 bits per heavy atom. The first-order chi connectivity index (χ1) is 11.2. The number of hydrogen-bond donors (Lipinski definition) is 0. The maximum absolute atomic E-state index is 11.9. The lowest BCUT2D eigenvalue weighted by Crippen LogP contribution is -2.47. The van der Waals surface area contributed by atoms with E-state index in [1.165, 1.54) is 0 Å². The van der Waals surface area contributed by atoms with E-state index >= 15 is 0 Å². The van der Waals surface area contributed by atoms with Gasteiger partial charge in [0.25, 0.3) is 0 Å². The summed E-state index contributed by atoms with van der Waals surface area (Å²) in [5.41, 5.74) is 0.812. The van der Waals surface area contributed by atoms with E-state index in [0.29, 0.717) is 13.2 Å². The highest BCUT2D eigenvalue weighted by molar-refractivity contribution is 5.77. The molecule has 2 aliphatic heterocycles. The summed E-state index contributed by atoms with van der Waals surface area (Å²) >= 11 is 0. The van der Waals surface area contributed by atoms with Crippen LogP contribution >= 0.6 is 0 Å². The predicted molar refractivity (Wildman–Crippen MR) is 83.8 cm³/mol. The molecule has 1 spiro atoms. The number of carbonyl (C=O) groups is 1. The molecule has 0 aromatic carbocycles. The fourth-order valence-electron chi connectivity index (χ4n) is 3.32. The van der Waals surface area contributed by atoms with Gasteiger partial charge in [-0.2, -0.15) is 0 Å². The van der Waals surface area contributed by atoms with Crippen molar-refractivity contribution in [2.75, 3.05) is 33.4 Å². The van der Waals surface area contributed by atoms with Crippen molar-refractivity contribution in [3.05, 3.63) is 30.1 Å². The zero-order chi connectivity index (χ0) is 16.1. The van der Waals surface area contributed by atoms with Crippen LogP contribution < -0.4 is 0 Å². The van der Waals surface area contributed by atoms with Crippen LogP contribution in [0.3, 0.4) is 0 Å². The molecule has 126 valence electrons.